The molecule has 116 valence electrons. The summed E-state index contributed by atoms with van der Waals surface area (Å²) in [6.07, 6.45) is 2.55. The molecular weight excluding hydrogens is 270 g/mol. The zero-order valence-electron chi connectivity index (χ0n) is 12.2. The van der Waals surface area contributed by atoms with Crippen LogP contribution in [0, 0.1) is 5.41 Å². The standard InChI is InChI=1S/C16H23NO4/c17-11-16(7-9-20-10-8-16)12-21-14-4-1-13(2-5-14)3-6-15(18)19/h1-2,4-5H,3,6-12,17H2,(H,18,19). The Morgan fingerprint density at radius 3 is 2.52 bits per heavy atom. The number of carboxylic acid groups (broad SMARTS) is 1. The number of aryl methyl sites for hydroxylation is 1. The van der Waals surface area contributed by atoms with Gasteiger partial charge in [0.1, 0.15) is 5.75 Å². The highest BCUT2D eigenvalue weighted by atomic mass is 16.5. The molecule has 1 aromatic carbocycles. The van der Waals surface area contributed by atoms with Crippen LogP contribution >= 0.6 is 0 Å². The van der Waals surface area contributed by atoms with Crippen molar-refractivity contribution < 1.29 is 19.4 Å². The van der Waals surface area contributed by atoms with Gasteiger partial charge in [-0.2, -0.15) is 0 Å². The number of ether oxygens (including phenoxy) is 2. The summed E-state index contributed by atoms with van der Waals surface area (Å²) in [5, 5.41) is 8.67. The molecule has 0 aromatic heterocycles. The Bertz CT molecular complexity index is 452. The van der Waals surface area contributed by atoms with Gasteiger partial charge in [-0.3, -0.25) is 4.79 Å². The number of carboxylic acids is 1. The number of nitrogens with two attached hydrogens (primary N) is 1. The van der Waals surface area contributed by atoms with Crippen molar-refractivity contribution in [3.8, 4) is 5.75 Å². The topological polar surface area (TPSA) is 81.8 Å². The first-order chi connectivity index (χ1) is 10.1. The average Bonchev–Trinajstić information content (AvgIpc) is 2.53. The highest BCUT2D eigenvalue weighted by Crippen LogP contribution is 2.30. The molecule has 3 N–H and O–H groups in total. The molecule has 1 heterocycles. The molecule has 0 amide bonds. The van der Waals surface area contributed by atoms with E-state index in [1.807, 2.05) is 24.3 Å². The van der Waals surface area contributed by atoms with Gasteiger partial charge in [0.05, 0.1) is 6.61 Å². The van der Waals surface area contributed by atoms with E-state index in [4.69, 9.17) is 20.3 Å². The lowest BCUT2D eigenvalue weighted by Gasteiger charge is -2.35. The second-order valence-corrected chi connectivity index (χ2v) is 5.64. The van der Waals surface area contributed by atoms with Crippen molar-refractivity contribution in [3.05, 3.63) is 29.8 Å². The van der Waals surface area contributed by atoms with Gasteiger partial charge < -0.3 is 20.3 Å². The van der Waals surface area contributed by atoms with E-state index < -0.39 is 5.97 Å². The minimum absolute atomic E-state index is 0.0141. The lowest BCUT2D eigenvalue weighted by Crippen LogP contribution is -2.41. The van der Waals surface area contributed by atoms with Gasteiger partial charge in [-0.25, -0.2) is 0 Å². The highest BCUT2D eigenvalue weighted by Gasteiger charge is 2.32. The van der Waals surface area contributed by atoms with E-state index in [0.717, 1.165) is 37.4 Å². The monoisotopic (exact) mass is 293 g/mol. The molecule has 0 aliphatic carbocycles. The van der Waals surface area contributed by atoms with Crippen molar-refractivity contribution in [2.75, 3.05) is 26.4 Å². The predicted octanol–water partition coefficient (Wildman–Crippen LogP) is 1.84. The first-order valence-corrected chi connectivity index (χ1v) is 7.35. The molecule has 2 rings (SSSR count). The predicted molar refractivity (Wildman–Crippen MR) is 79.4 cm³/mol. The van der Waals surface area contributed by atoms with E-state index in [-0.39, 0.29) is 11.8 Å². The molecule has 0 unspecified atom stereocenters. The summed E-state index contributed by atoms with van der Waals surface area (Å²) in [6, 6.07) is 7.61. The third-order valence-corrected chi connectivity index (χ3v) is 4.08. The highest BCUT2D eigenvalue weighted by molar-refractivity contribution is 5.67. The third-order valence-electron chi connectivity index (χ3n) is 4.08. The van der Waals surface area contributed by atoms with Crippen molar-refractivity contribution in [1.29, 1.82) is 0 Å². The van der Waals surface area contributed by atoms with Gasteiger partial charge in [-0.05, 0) is 37.0 Å². The van der Waals surface area contributed by atoms with Crippen LogP contribution in [-0.4, -0.2) is 37.4 Å². The summed E-state index contributed by atoms with van der Waals surface area (Å²) >= 11 is 0. The van der Waals surface area contributed by atoms with Gasteiger partial charge in [0.2, 0.25) is 0 Å². The minimum atomic E-state index is -0.778. The third kappa shape index (κ3) is 4.72. The van der Waals surface area contributed by atoms with Gasteiger partial charge >= 0.3 is 5.97 Å². The van der Waals surface area contributed by atoms with Crippen molar-refractivity contribution in [1.82, 2.24) is 0 Å². The van der Waals surface area contributed by atoms with Crippen LogP contribution in [0.2, 0.25) is 0 Å². The molecule has 0 spiro atoms. The lowest BCUT2D eigenvalue weighted by atomic mass is 9.81. The van der Waals surface area contributed by atoms with Crippen molar-refractivity contribution >= 4 is 5.97 Å². The molecule has 1 aromatic rings. The van der Waals surface area contributed by atoms with Crippen LogP contribution < -0.4 is 10.5 Å². The molecule has 1 aliphatic heterocycles. The summed E-state index contributed by atoms with van der Waals surface area (Å²) in [5.41, 5.74) is 6.92. The second-order valence-electron chi connectivity index (χ2n) is 5.64. The largest absolute Gasteiger partial charge is 0.493 e. The lowest BCUT2D eigenvalue weighted by molar-refractivity contribution is -0.136. The first-order valence-electron chi connectivity index (χ1n) is 7.35. The van der Waals surface area contributed by atoms with Crippen LogP contribution in [0.3, 0.4) is 0 Å². The van der Waals surface area contributed by atoms with Gasteiger partial charge in [0, 0.05) is 31.6 Å². The fourth-order valence-corrected chi connectivity index (χ4v) is 2.45. The van der Waals surface area contributed by atoms with Crippen LogP contribution in [0.4, 0.5) is 0 Å². The Morgan fingerprint density at radius 1 is 1.29 bits per heavy atom. The number of hydrogen-bond acceptors (Lipinski definition) is 4. The Kier molecular flexibility index (Phi) is 5.59. The average molecular weight is 293 g/mol. The van der Waals surface area contributed by atoms with Gasteiger partial charge in [0.15, 0.2) is 0 Å². The van der Waals surface area contributed by atoms with Crippen LogP contribution in [0.5, 0.6) is 5.75 Å². The maximum absolute atomic E-state index is 10.5. The molecule has 1 fully saturated rings. The van der Waals surface area contributed by atoms with E-state index in [0.29, 0.717) is 19.6 Å². The number of aliphatic carboxylic acids is 1. The van der Waals surface area contributed by atoms with Crippen molar-refractivity contribution in [2.24, 2.45) is 11.1 Å². The normalized spacial score (nSPS) is 17.4. The van der Waals surface area contributed by atoms with Crippen LogP contribution in [-0.2, 0) is 16.0 Å². The quantitative estimate of drug-likeness (QED) is 0.801. The zero-order chi connectivity index (χ0) is 15.1. The van der Waals surface area contributed by atoms with Gasteiger partial charge in [0.25, 0.3) is 0 Å². The molecule has 1 aliphatic rings. The van der Waals surface area contributed by atoms with Crippen LogP contribution in [0.25, 0.3) is 0 Å². The molecule has 1 saturated heterocycles. The smallest absolute Gasteiger partial charge is 0.303 e. The SMILES string of the molecule is NCC1(COc2ccc(CCC(=O)O)cc2)CCOCC1. The molecule has 5 nitrogen and oxygen atoms in total. The summed E-state index contributed by atoms with van der Waals surface area (Å²) in [5.74, 6) is 0.0214. The van der Waals surface area contributed by atoms with Crippen LogP contribution in [0.1, 0.15) is 24.8 Å². The number of benzene rings is 1. The molecule has 0 saturated carbocycles. The Balaban J connectivity index is 1.86. The molecule has 0 atom stereocenters. The van der Waals surface area contributed by atoms with Gasteiger partial charge in [-0.1, -0.05) is 12.1 Å². The fraction of sp³-hybridized carbons (Fsp3) is 0.562. The minimum Gasteiger partial charge on any atom is -0.493 e. The summed E-state index contributed by atoms with van der Waals surface area (Å²) in [4.78, 5) is 10.5. The van der Waals surface area contributed by atoms with Crippen LogP contribution in [0.15, 0.2) is 24.3 Å². The number of rotatable bonds is 7. The molecule has 0 bridgehead atoms. The zero-order valence-corrected chi connectivity index (χ0v) is 12.2. The fourth-order valence-electron chi connectivity index (χ4n) is 2.45. The van der Waals surface area contributed by atoms with E-state index in [1.54, 1.807) is 0 Å². The Hall–Kier alpha value is -1.59. The van der Waals surface area contributed by atoms with Crippen molar-refractivity contribution in [3.63, 3.8) is 0 Å². The summed E-state index contributed by atoms with van der Waals surface area (Å²) in [6.45, 7) is 2.69. The van der Waals surface area contributed by atoms with Gasteiger partial charge in [-0.15, -0.1) is 0 Å². The number of hydrogen-bond donors (Lipinski definition) is 2. The molecule has 5 heteroatoms. The summed E-state index contributed by atoms with van der Waals surface area (Å²) < 4.78 is 11.2. The molecule has 0 radical (unpaired) electrons. The maximum atomic E-state index is 10.5. The molecule has 21 heavy (non-hydrogen) atoms. The second kappa shape index (κ2) is 7.43. The summed E-state index contributed by atoms with van der Waals surface area (Å²) in [7, 11) is 0. The number of carbonyl (C=O) groups is 1. The Labute approximate surface area is 125 Å². The maximum Gasteiger partial charge on any atom is 0.303 e. The van der Waals surface area contributed by atoms with E-state index in [9.17, 15) is 4.79 Å². The van der Waals surface area contributed by atoms with E-state index in [2.05, 4.69) is 0 Å². The van der Waals surface area contributed by atoms with E-state index >= 15 is 0 Å². The first kappa shape index (κ1) is 15.8. The van der Waals surface area contributed by atoms with E-state index in [1.165, 1.54) is 0 Å². The molecular formula is C16H23NO4. The van der Waals surface area contributed by atoms with Crippen molar-refractivity contribution in [2.45, 2.75) is 25.7 Å². The Morgan fingerprint density at radius 2 is 1.95 bits per heavy atom.